The topological polar surface area (TPSA) is 38.3 Å². The van der Waals surface area contributed by atoms with Gasteiger partial charge in [0, 0.05) is 5.75 Å². The summed E-state index contributed by atoms with van der Waals surface area (Å²) < 4.78 is 19.4. The van der Waals surface area contributed by atoms with Crippen molar-refractivity contribution < 1.29 is 13.9 Å². The van der Waals surface area contributed by atoms with Gasteiger partial charge in [-0.2, -0.15) is 0 Å². The van der Waals surface area contributed by atoms with E-state index in [-0.39, 0.29) is 17.5 Å². The van der Waals surface area contributed by atoms with Gasteiger partial charge in [-0.25, -0.2) is 4.39 Å². The highest BCUT2D eigenvalue weighted by molar-refractivity contribution is 7.99. The monoisotopic (exact) mass is 367 g/mol. The molecule has 3 aromatic carbocycles. The molecule has 0 saturated heterocycles. The molecule has 0 radical (unpaired) electrons. The van der Waals surface area contributed by atoms with Gasteiger partial charge in [-0.15, -0.1) is 11.8 Å². The van der Waals surface area contributed by atoms with E-state index < -0.39 is 0 Å². The fourth-order valence-electron chi connectivity index (χ4n) is 2.33. The summed E-state index contributed by atoms with van der Waals surface area (Å²) in [6.07, 6.45) is 0. The lowest BCUT2D eigenvalue weighted by Gasteiger charge is -2.12. The predicted octanol–water partition coefficient (Wildman–Crippen LogP) is 5.49. The number of para-hydroxylation sites is 3. The standard InChI is InChI=1S/C21H18FNO2S/c22-18-11-5-4-8-16(18)14-26-15-21(24)23-19-12-6-7-13-20(19)25-17-9-2-1-3-10-17/h1-13H,14-15H2,(H,23,24). The minimum atomic E-state index is -0.248. The summed E-state index contributed by atoms with van der Waals surface area (Å²) in [5.41, 5.74) is 1.20. The van der Waals surface area contributed by atoms with Crippen LogP contribution in [0.1, 0.15) is 5.56 Å². The van der Waals surface area contributed by atoms with E-state index in [0.717, 1.165) is 0 Å². The predicted molar refractivity (Wildman–Crippen MR) is 104 cm³/mol. The SMILES string of the molecule is O=C(CSCc1ccccc1F)Nc1ccccc1Oc1ccccc1. The minimum Gasteiger partial charge on any atom is -0.455 e. The van der Waals surface area contributed by atoms with Crippen LogP contribution in [0.5, 0.6) is 11.5 Å². The number of benzene rings is 3. The summed E-state index contributed by atoms with van der Waals surface area (Å²) in [6.45, 7) is 0. The van der Waals surface area contributed by atoms with E-state index in [2.05, 4.69) is 5.32 Å². The number of halogens is 1. The molecule has 0 aromatic heterocycles. The number of carbonyl (C=O) groups excluding carboxylic acids is 1. The van der Waals surface area contributed by atoms with Crippen molar-refractivity contribution in [1.29, 1.82) is 0 Å². The Morgan fingerprint density at radius 1 is 0.923 bits per heavy atom. The quantitative estimate of drug-likeness (QED) is 0.600. The first-order valence-corrected chi connectivity index (χ1v) is 9.31. The van der Waals surface area contributed by atoms with Crippen molar-refractivity contribution in [2.45, 2.75) is 5.75 Å². The van der Waals surface area contributed by atoms with Crippen molar-refractivity contribution >= 4 is 23.4 Å². The van der Waals surface area contributed by atoms with Crippen molar-refractivity contribution in [3.8, 4) is 11.5 Å². The summed E-state index contributed by atoms with van der Waals surface area (Å²) in [4.78, 5) is 12.2. The molecule has 1 amide bonds. The molecule has 0 saturated carbocycles. The number of carbonyl (C=O) groups is 1. The van der Waals surface area contributed by atoms with Gasteiger partial charge in [0.2, 0.25) is 5.91 Å². The Labute approximate surface area is 156 Å². The van der Waals surface area contributed by atoms with E-state index in [0.29, 0.717) is 28.5 Å². The Morgan fingerprint density at radius 2 is 1.62 bits per heavy atom. The molecule has 5 heteroatoms. The zero-order chi connectivity index (χ0) is 18.2. The highest BCUT2D eigenvalue weighted by Gasteiger charge is 2.09. The number of amides is 1. The molecule has 3 nitrogen and oxygen atoms in total. The molecule has 0 bridgehead atoms. The number of rotatable bonds is 7. The second kappa shape index (κ2) is 9.06. The van der Waals surface area contributed by atoms with Gasteiger partial charge in [0.25, 0.3) is 0 Å². The van der Waals surface area contributed by atoms with Crippen LogP contribution in [0.2, 0.25) is 0 Å². The lowest BCUT2D eigenvalue weighted by atomic mass is 10.2. The highest BCUT2D eigenvalue weighted by Crippen LogP contribution is 2.29. The Hall–Kier alpha value is -2.79. The van der Waals surface area contributed by atoms with Crippen LogP contribution in [0.4, 0.5) is 10.1 Å². The summed E-state index contributed by atoms with van der Waals surface area (Å²) >= 11 is 1.36. The van der Waals surface area contributed by atoms with Crippen LogP contribution >= 0.6 is 11.8 Å². The Bertz CT molecular complexity index is 871. The lowest BCUT2D eigenvalue weighted by molar-refractivity contribution is -0.113. The molecule has 3 rings (SSSR count). The first-order chi connectivity index (χ1) is 12.7. The summed E-state index contributed by atoms with van der Waals surface area (Å²) in [5, 5.41) is 2.85. The fraction of sp³-hybridized carbons (Fsp3) is 0.0952. The van der Waals surface area contributed by atoms with Crippen LogP contribution in [0.15, 0.2) is 78.9 Å². The van der Waals surface area contributed by atoms with Crippen LogP contribution in [-0.4, -0.2) is 11.7 Å². The van der Waals surface area contributed by atoms with Gasteiger partial charge < -0.3 is 10.1 Å². The van der Waals surface area contributed by atoms with Crippen molar-refractivity contribution in [3.63, 3.8) is 0 Å². The van der Waals surface area contributed by atoms with Gasteiger partial charge in [-0.05, 0) is 35.9 Å². The first-order valence-electron chi connectivity index (χ1n) is 8.15. The second-order valence-electron chi connectivity index (χ2n) is 5.54. The van der Waals surface area contributed by atoms with Gasteiger partial charge in [0.1, 0.15) is 11.6 Å². The molecule has 0 aliphatic rings. The number of hydrogen-bond acceptors (Lipinski definition) is 3. The number of thioether (sulfide) groups is 1. The van der Waals surface area contributed by atoms with E-state index in [1.807, 2.05) is 42.5 Å². The summed E-state index contributed by atoms with van der Waals surface area (Å²) in [7, 11) is 0. The molecule has 0 fully saturated rings. The number of ether oxygens (including phenoxy) is 1. The van der Waals surface area contributed by atoms with Crippen molar-refractivity contribution in [2.24, 2.45) is 0 Å². The molecular weight excluding hydrogens is 349 g/mol. The van der Waals surface area contributed by atoms with E-state index in [4.69, 9.17) is 4.74 Å². The highest BCUT2D eigenvalue weighted by atomic mass is 32.2. The van der Waals surface area contributed by atoms with E-state index >= 15 is 0 Å². The van der Waals surface area contributed by atoms with Gasteiger partial charge in [-0.3, -0.25) is 4.79 Å². The molecular formula is C21H18FNO2S. The van der Waals surface area contributed by atoms with Crippen LogP contribution < -0.4 is 10.1 Å². The first kappa shape index (κ1) is 18.0. The van der Waals surface area contributed by atoms with Crippen molar-refractivity contribution in [3.05, 3.63) is 90.2 Å². The van der Waals surface area contributed by atoms with E-state index in [1.54, 1.807) is 30.3 Å². The normalized spacial score (nSPS) is 10.3. The van der Waals surface area contributed by atoms with E-state index in [1.165, 1.54) is 17.8 Å². The largest absolute Gasteiger partial charge is 0.455 e. The third kappa shape index (κ3) is 5.10. The number of nitrogens with one attached hydrogen (secondary N) is 1. The van der Waals surface area contributed by atoms with Crippen molar-refractivity contribution in [2.75, 3.05) is 11.1 Å². The van der Waals surface area contributed by atoms with Crippen molar-refractivity contribution in [1.82, 2.24) is 0 Å². The summed E-state index contributed by atoms with van der Waals surface area (Å²) in [5.74, 6) is 1.54. The minimum absolute atomic E-state index is 0.157. The molecule has 132 valence electrons. The van der Waals surface area contributed by atoms with Gasteiger partial charge in [-0.1, -0.05) is 48.5 Å². The molecule has 0 aliphatic carbocycles. The fourth-order valence-corrected chi connectivity index (χ4v) is 3.14. The van der Waals surface area contributed by atoms with Crippen LogP contribution in [0.25, 0.3) is 0 Å². The molecule has 3 aromatic rings. The van der Waals surface area contributed by atoms with Gasteiger partial charge in [0.15, 0.2) is 5.75 Å². The Kier molecular flexibility index (Phi) is 6.28. The maximum atomic E-state index is 13.6. The molecule has 0 atom stereocenters. The maximum Gasteiger partial charge on any atom is 0.234 e. The van der Waals surface area contributed by atoms with Crippen LogP contribution in [0.3, 0.4) is 0 Å². The molecule has 26 heavy (non-hydrogen) atoms. The van der Waals surface area contributed by atoms with Gasteiger partial charge in [0.05, 0.1) is 11.4 Å². The average Bonchev–Trinajstić information content (AvgIpc) is 2.66. The Morgan fingerprint density at radius 3 is 2.42 bits per heavy atom. The molecule has 1 N–H and O–H groups in total. The third-order valence-corrected chi connectivity index (χ3v) is 4.56. The molecule has 0 spiro atoms. The second-order valence-corrected chi connectivity index (χ2v) is 6.53. The lowest BCUT2D eigenvalue weighted by Crippen LogP contribution is -2.14. The zero-order valence-corrected chi connectivity index (χ0v) is 14.8. The van der Waals surface area contributed by atoms with Gasteiger partial charge >= 0.3 is 0 Å². The number of anilines is 1. The maximum absolute atomic E-state index is 13.6. The summed E-state index contributed by atoms with van der Waals surface area (Å²) in [6, 6.07) is 23.2. The average molecular weight is 367 g/mol. The van der Waals surface area contributed by atoms with E-state index in [9.17, 15) is 9.18 Å². The number of hydrogen-bond donors (Lipinski definition) is 1. The molecule has 0 heterocycles. The van der Waals surface area contributed by atoms with Crippen LogP contribution in [-0.2, 0) is 10.5 Å². The third-order valence-electron chi connectivity index (χ3n) is 3.58. The smallest absolute Gasteiger partial charge is 0.234 e. The Balaban J connectivity index is 1.57. The zero-order valence-electron chi connectivity index (χ0n) is 14.0. The molecule has 0 aliphatic heterocycles. The molecule has 0 unspecified atom stereocenters. The van der Waals surface area contributed by atoms with Crippen LogP contribution in [0, 0.1) is 5.82 Å².